The van der Waals surface area contributed by atoms with E-state index in [0.717, 1.165) is 6.07 Å². The highest BCUT2D eigenvalue weighted by atomic mass is 19.1. The minimum Gasteiger partial charge on any atom is -0.507 e. The number of aryl methyl sites for hydroxylation is 1. The van der Waals surface area contributed by atoms with E-state index in [1.165, 1.54) is 29.0 Å². The Bertz CT molecular complexity index is 1850. The van der Waals surface area contributed by atoms with Gasteiger partial charge >= 0.3 is 0 Å². The Labute approximate surface area is 246 Å². The van der Waals surface area contributed by atoms with E-state index in [0.29, 0.717) is 35.7 Å². The first-order valence-corrected chi connectivity index (χ1v) is 14.1. The molecule has 2 atom stereocenters. The fraction of sp³-hybridized carbons (Fsp3) is 0.312. The third-order valence-corrected chi connectivity index (χ3v) is 8.24. The van der Waals surface area contributed by atoms with Crippen LogP contribution in [0.15, 0.2) is 54.1 Å². The van der Waals surface area contributed by atoms with Crippen molar-refractivity contribution < 1.29 is 23.4 Å². The van der Waals surface area contributed by atoms with Crippen molar-refractivity contribution >= 4 is 22.5 Å². The zero-order valence-electron chi connectivity index (χ0n) is 24.3. The van der Waals surface area contributed by atoms with Crippen molar-refractivity contribution in [3.63, 3.8) is 0 Å². The van der Waals surface area contributed by atoms with Gasteiger partial charge in [-0.2, -0.15) is 0 Å². The number of nitrogens with zero attached hydrogens (tertiary/aromatic N) is 5. The van der Waals surface area contributed by atoms with Crippen molar-refractivity contribution in [1.82, 2.24) is 19.4 Å². The zero-order chi connectivity index (χ0) is 30.7. The standard InChI is InChI=1S/C32H31F2N5O4/c1-6-23(41)37-14-19-15-43-31-30(38(19)13-18(37)5)20-12-36-27(24-21(33)8-7-9-22(24)40)25(34)29(20)39(32(31)42)28-17(4)10-11-35-26(28)16(2)3/h6-12,16,18-19,40H,1,13-15H2,2-5H3. The number of phenolic OH excluding ortho intramolecular Hbond substituents is 1. The number of pyridine rings is 3. The summed E-state index contributed by atoms with van der Waals surface area (Å²) in [6.07, 6.45) is 4.28. The summed E-state index contributed by atoms with van der Waals surface area (Å²) >= 11 is 0. The molecule has 222 valence electrons. The average Bonchev–Trinajstić information content (AvgIpc) is 2.97. The molecule has 2 unspecified atom stereocenters. The maximum Gasteiger partial charge on any atom is 0.300 e. The number of ether oxygens (including phenoxy) is 1. The van der Waals surface area contributed by atoms with Gasteiger partial charge in [0.15, 0.2) is 5.82 Å². The molecule has 0 aliphatic carbocycles. The first-order valence-electron chi connectivity index (χ1n) is 14.1. The molecular weight excluding hydrogens is 556 g/mol. The number of hydrogen-bond donors (Lipinski definition) is 1. The Balaban J connectivity index is 1.71. The molecule has 2 aliphatic heterocycles. The predicted molar refractivity (Wildman–Crippen MR) is 159 cm³/mol. The van der Waals surface area contributed by atoms with E-state index in [4.69, 9.17) is 4.74 Å². The maximum atomic E-state index is 16.9. The molecule has 0 saturated carbocycles. The summed E-state index contributed by atoms with van der Waals surface area (Å²) in [5, 5.41) is 10.8. The molecule has 9 nitrogen and oxygen atoms in total. The van der Waals surface area contributed by atoms with Crippen molar-refractivity contribution in [3.8, 4) is 28.4 Å². The molecule has 1 amide bonds. The molecule has 6 rings (SSSR count). The van der Waals surface area contributed by atoms with E-state index in [1.807, 2.05) is 25.7 Å². The van der Waals surface area contributed by atoms with Crippen LogP contribution in [0.2, 0.25) is 0 Å². The SMILES string of the molecule is C=CC(=O)N1CC2COc3c(c4cnc(-c5c(O)cccc5F)c(F)c4n(-c4c(C)ccnc4C(C)C)c3=O)N2CC1C. The molecule has 43 heavy (non-hydrogen) atoms. The summed E-state index contributed by atoms with van der Waals surface area (Å²) in [6, 6.07) is 4.82. The van der Waals surface area contributed by atoms with Crippen LogP contribution >= 0.6 is 0 Å². The Kier molecular flexibility index (Phi) is 6.90. The third kappa shape index (κ3) is 4.33. The minimum absolute atomic E-state index is 0.0279. The Morgan fingerprint density at radius 3 is 2.65 bits per heavy atom. The van der Waals surface area contributed by atoms with Crippen LogP contribution < -0.4 is 15.2 Å². The van der Waals surface area contributed by atoms with Gasteiger partial charge in [0.1, 0.15) is 23.9 Å². The van der Waals surface area contributed by atoms with Crippen LogP contribution in [0.5, 0.6) is 11.5 Å². The number of piperazine rings is 1. The number of carbonyl (C=O) groups is 1. The molecule has 5 heterocycles. The Morgan fingerprint density at radius 2 is 1.95 bits per heavy atom. The summed E-state index contributed by atoms with van der Waals surface area (Å²) in [5.41, 5.74) is 0.386. The van der Waals surface area contributed by atoms with E-state index in [-0.39, 0.29) is 47.2 Å². The molecule has 11 heteroatoms. The Morgan fingerprint density at radius 1 is 1.19 bits per heavy atom. The number of amides is 1. The average molecular weight is 588 g/mol. The number of rotatable bonds is 4. The van der Waals surface area contributed by atoms with Crippen LogP contribution in [0.25, 0.3) is 27.8 Å². The molecule has 4 aromatic rings. The summed E-state index contributed by atoms with van der Waals surface area (Å²) in [6.45, 7) is 11.9. The first-order chi connectivity index (χ1) is 20.5. The van der Waals surface area contributed by atoms with Gasteiger partial charge in [-0.05, 0) is 49.6 Å². The van der Waals surface area contributed by atoms with Gasteiger partial charge in [-0.1, -0.05) is 26.5 Å². The van der Waals surface area contributed by atoms with Crippen LogP contribution in [-0.4, -0.2) is 62.2 Å². The lowest BCUT2D eigenvalue weighted by atomic mass is 10.00. The highest BCUT2D eigenvalue weighted by molar-refractivity contribution is 5.99. The smallest absolute Gasteiger partial charge is 0.300 e. The van der Waals surface area contributed by atoms with Gasteiger partial charge in [-0.15, -0.1) is 0 Å². The predicted octanol–water partition coefficient (Wildman–Crippen LogP) is 4.85. The summed E-state index contributed by atoms with van der Waals surface area (Å²) in [7, 11) is 0. The van der Waals surface area contributed by atoms with E-state index in [1.54, 1.807) is 24.1 Å². The second kappa shape index (κ2) is 10.5. The summed E-state index contributed by atoms with van der Waals surface area (Å²) in [4.78, 5) is 39.5. The van der Waals surface area contributed by atoms with Crippen molar-refractivity contribution in [2.75, 3.05) is 24.6 Å². The van der Waals surface area contributed by atoms with Gasteiger partial charge in [0.2, 0.25) is 11.7 Å². The molecule has 3 aromatic heterocycles. The van der Waals surface area contributed by atoms with Crippen LogP contribution in [0, 0.1) is 18.6 Å². The molecule has 0 radical (unpaired) electrons. The quantitative estimate of drug-likeness (QED) is 0.341. The third-order valence-electron chi connectivity index (χ3n) is 8.24. The van der Waals surface area contributed by atoms with Gasteiger partial charge in [0.25, 0.3) is 5.56 Å². The number of halogens is 2. The molecule has 1 fully saturated rings. The fourth-order valence-corrected chi connectivity index (χ4v) is 6.19. The lowest BCUT2D eigenvalue weighted by Gasteiger charge is -2.48. The first kappa shape index (κ1) is 28.3. The number of phenols is 1. The monoisotopic (exact) mass is 587 g/mol. The van der Waals surface area contributed by atoms with Crippen molar-refractivity contribution in [2.45, 2.75) is 45.7 Å². The van der Waals surface area contributed by atoms with E-state index >= 15 is 8.78 Å². The number of hydrogen-bond acceptors (Lipinski definition) is 7. The molecule has 0 spiro atoms. The molecule has 1 N–H and O–H groups in total. The number of fused-ring (bicyclic) bond motifs is 5. The van der Waals surface area contributed by atoms with Gasteiger partial charge in [-0.25, -0.2) is 8.78 Å². The van der Waals surface area contributed by atoms with Gasteiger partial charge in [0, 0.05) is 36.9 Å². The lowest BCUT2D eigenvalue weighted by molar-refractivity contribution is -0.129. The van der Waals surface area contributed by atoms with E-state index in [9.17, 15) is 14.7 Å². The van der Waals surface area contributed by atoms with Crippen molar-refractivity contribution in [2.24, 2.45) is 0 Å². The van der Waals surface area contributed by atoms with E-state index in [2.05, 4.69) is 16.5 Å². The zero-order valence-corrected chi connectivity index (χ0v) is 24.3. The number of carbonyl (C=O) groups excluding carboxylic acids is 1. The second-order valence-corrected chi connectivity index (χ2v) is 11.3. The number of aromatic hydroxyl groups is 1. The van der Waals surface area contributed by atoms with Crippen LogP contribution in [0.4, 0.5) is 14.5 Å². The topological polar surface area (TPSA) is 101 Å². The second-order valence-electron chi connectivity index (χ2n) is 11.3. The van der Waals surface area contributed by atoms with Gasteiger partial charge < -0.3 is 19.6 Å². The number of anilines is 1. The van der Waals surface area contributed by atoms with Crippen LogP contribution in [0.1, 0.15) is 37.9 Å². The number of benzene rings is 1. The molecule has 1 aromatic carbocycles. The summed E-state index contributed by atoms with van der Waals surface area (Å²) < 4.78 is 39.3. The lowest BCUT2D eigenvalue weighted by Crippen LogP contribution is -2.62. The fourth-order valence-electron chi connectivity index (χ4n) is 6.19. The van der Waals surface area contributed by atoms with Gasteiger partial charge in [0.05, 0.1) is 34.2 Å². The highest BCUT2D eigenvalue weighted by Crippen LogP contribution is 2.44. The van der Waals surface area contributed by atoms with Crippen molar-refractivity contribution in [1.29, 1.82) is 0 Å². The molecular formula is C32H31F2N5O4. The number of aromatic nitrogens is 3. The Hall–Kier alpha value is -4.80. The van der Waals surface area contributed by atoms with Gasteiger partial charge in [-0.3, -0.25) is 24.1 Å². The van der Waals surface area contributed by atoms with Crippen LogP contribution in [-0.2, 0) is 4.79 Å². The maximum absolute atomic E-state index is 16.9. The summed E-state index contributed by atoms with van der Waals surface area (Å²) in [5.74, 6) is -2.65. The molecule has 1 saturated heterocycles. The largest absolute Gasteiger partial charge is 0.507 e. The molecule has 2 aliphatic rings. The minimum atomic E-state index is -0.980. The molecule has 0 bridgehead atoms. The van der Waals surface area contributed by atoms with Crippen molar-refractivity contribution in [3.05, 3.63) is 82.6 Å². The normalized spacial score (nSPS) is 17.9. The van der Waals surface area contributed by atoms with E-state index < -0.39 is 34.2 Å². The van der Waals surface area contributed by atoms with Crippen LogP contribution in [0.3, 0.4) is 0 Å². The highest BCUT2D eigenvalue weighted by Gasteiger charge is 2.41.